The third kappa shape index (κ3) is 3.49. The number of rotatable bonds is 4. The van der Waals surface area contributed by atoms with E-state index in [9.17, 15) is 4.79 Å². The lowest BCUT2D eigenvalue weighted by Gasteiger charge is -2.32. The molecule has 136 valence electrons. The number of likely N-dealkylation sites (tertiary alicyclic amines) is 1. The molecule has 1 saturated heterocycles. The van der Waals surface area contributed by atoms with Gasteiger partial charge >= 0.3 is 6.03 Å². The van der Waals surface area contributed by atoms with Crippen molar-refractivity contribution in [2.75, 3.05) is 18.4 Å². The number of carbonyl (C=O) groups excluding carboxylic acids is 1. The first-order valence-corrected chi connectivity index (χ1v) is 8.83. The summed E-state index contributed by atoms with van der Waals surface area (Å²) in [5.74, 6) is 1.51. The van der Waals surface area contributed by atoms with E-state index >= 15 is 0 Å². The van der Waals surface area contributed by atoms with E-state index in [1.54, 1.807) is 10.8 Å². The fraction of sp³-hybridized carbons (Fsp3) is 0.389. The maximum Gasteiger partial charge on any atom is 0.317 e. The molecule has 0 bridgehead atoms. The minimum Gasteiger partial charge on any atom is -0.467 e. The van der Waals surface area contributed by atoms with Gasteiger partial charge in [-0.2, -0.15) is 5.10 Å². The quantitative estimate of drug-likeness (QED) is 0.751. The molecule has 0 aromatic carbocycles. The zero-order valence-corrected chi connectivity index (χ0v) is 14.7. The highest BCUT2D eigenvalue weighted by Crippen LogP contribution is 2.20. The smallest absolute Gasteiger partial charge is 0.317 e. The first kappa shape index (κ1) is 16.4. The topological polar surface area (TPSA) is 87.7 Å². The molecule has 8 heteroatoms. The number of amides is 2. The van der Waals surface area contributed by atoms with E-state index in [4.69, 9.17) is 4.42 Å². The second-order valence-corrected chi connectivity index (χ2v) is 6.49. The number of anilines is 1. The SMILES string of the molecule is Cc1nc2c(NC3CCN(C(=O)NCc4ccco4)CC3)cccn2n1. The number of nitrogens with zero attached hydrogens (tertiary/aromatic N) is 4. The summed E-state index contributed by atoms with van der Waals surface area (Å²) in [6, 6.07) is 7.91. The Hall–Kier alpha value is -3.03. The van der Waals surface area contributed by atoms with E-state index in [0.717, 1.165) is 48.9 Å². The predicted molar refractivity (Wildman–Crippen MR) is 96.9 cm³/mol. The second kappa shape index (κ2) is 7.07. The molecule has 1 aliphatic heterocycles. The highest BCUT2D eigenvalue weighted by atomic mass is 16.3. The Morgan fingerprint density at radius 2 is 2.15 bits per heavy atom. The van der Waals surface area contributed by atoms with Crippen LogP contribution in [0, 0.1) is 6.92 Å². The van der Waals surface area contributed by atoms with Crippen LogP contribution in [-0.4, -0.2) is 44.7 Å². The van der Waals surface area contributed by atoms with Gasteiger partial charge < -0.3 is 20.0 Å². The third-order valence-electron chi connectivity index (χ3n) is 4.60. The highest BCUT2D eigenvalue weighted by Gasteiger charge is 2.23. The monoisotopic (exact) mass is 354 g/mol. The van der Waals surface area contributed by atoms with E-state index in [-0.39, 0.29) is 6.03 Å². The molecule has 26 heavy (non-hydrogen) atoms. The molecule has 0 radical (unpaired) electrons. The second-order valence-electron chi connectivity index (χ2n) is 6.49. The van der Waals surface area contributed by atoms with Crippen molar-refractivity contribution in [1.82, 2.24) is 24.8 Å². The molecule has 1 fully saturated rings. The van der Waals surface area contributed by atoms with Crippen LogP contribution in [0.1, 0.15) is 24.4 Å². The molecule has 2 amide bonds. The molecule has 0 saturated carbocycles. The van der Waals surface area contributed by atoms with Crippen molar-refractivity contribution < 1.29 is 9.21 Å². The molecular weight excluding hydrogens is 332 g/mol. The number of fused-ring (bicyclic) bond motifs is 1. The van der Waals surface area contributed by atoms with Crippen LogP contribution >= 0.6 is 0 Å². The lowest BCUT2D eigenvalue weighted by atomic mass is 10.1. The number of urea groups is 1. The number of carbonyl (C=O) groups is 1. The van der Waals surface area contributed by atoms with Crippen molar-refractivity contribution in [3.8, 4) is 0 Å². The fourth-order valence-corrected chi connectivity index (χ4v) is 3.26. The van der Waals surface area contributed by atoms with Gasteiger partial charge in [0.2, 0.25) is 0 Å². The van der Waals surface area contributed by atoms with Crippen LogP contribution in [0.25, 0.3) is 5.65 Å². The molecule has 3 aromatic heterocycles. The first-order valence-electron chi connectivity index (χ1n) is 8.83. The maximum absolute atomic E-state index is 12.3. The number of piperidine rings is 1. The van der Waals surface area contributed by atoms with Gasteiger partial charge in [-0.25, -0.2) is 14.3 Å². The summed E-state index contributed by atoms with van der Waals surface area (Å²) in [6.45, 7) is 3.74. The maximum atomic E-state index is 12.3. The number of pyridine rings is 1. The fourth-order valence-electron chi connectivity index (χ4n) is 3.26. The molecule has 1 aliphatic rings. The summed E-state index contributed by atoms with van der Waals surface area (Å²) in [4.78, 5) is 18.6. The van der Waals surface area contributed by atoms with Gasteiger partial charge in [0.1, 0.15) is 11.6 Å². The molecule has 0 unspecified atom stereocenters. The molecular formula is C18H22N6O2. The van der Waals surface area contributed by atoms with Gasteiger partial charge in [-0.1, -0.05) is 0 Å². The number of hydrogen-bond acceptors (Lipinski definition) is 5. The molecule has 3 aromatic rings. The Labute approximate surface area is 151 Å². The highest BCUT2D eigenvalue weighted by molar-refractivity contribution is 5.74. The van der Waals surface area contributed by atoms with E-state index in [1.807, 2.05) is 42.3 Å². The summed E-state index contributed by atoms with van der Waals surface area (Å²) in [7, 11) is 0. The number of hydrogen-bond donors (Lipinski definition) is 2. The number of nitrogens with one attached hydrogen (secondary N) is 2. The summed E-state index contributed by atoms with van der Waals surface area (Å²) in [5.41, 5.74) is 1.82. The van der Waals surface area contributed by atoms with Gasteiger partial charge in [-0.05, 0) is 44.0 Å². The van der Waals surface area contributed by atoms with Gasteiger partial charge in [0.05, 0.1) is 18.5 Å². The van der Waals surface area contributed by atoms with Crippen molar-refractivity contribution in [1.29, 1.82) is 0 Å². The standard InChI is InChI=1S/C18H22N6O2/c1-13-20-17-16(5-2-8-24(17)22-13)21-14-6-9-23(10-7-14)18(25)19-12-15-4-3-11-26-15/h2-5,8,11,14,21H,6-7,9-10,12H2,1H3,(H,19,25). The van der Waals surface area contributed by atoms with Crippen LogP contribution in [0.3, 0.4) is 0 Å². The van der Waals surface area contributed by atoms with Crippen molar-refractivity contribution in [2.45, 2.75) is 32.4 Å². The van der Waals surface area contributed by atoms with Gasteiger partial charge in [0.25, 0.3) is 0 Å². The molecule has 2 N–H and O–H groups in total. The lowest BCUT2D eigenvalue weighted by molar-refractivity contribution is 0.182. The minimum atomic E-state index is -0.0463. The Morgan fingerprint density at radius 3 is 2.92 bits per heavy atom. The summed E-state index contributed by atoms with van der Waals surface area (Å²) in [5, 5.41) is 10.8. The number of furan rings is 1. The van der Waals surface area contributed by atoms with E-state index in [0.29, 0.717) is 12.6 Å². The van der Waals surface area contributed by atoms with Crippen molar-refractivity contribution in [2.24, 2.45) is 0 Å². The number of aryl methyl sites for hydroxylation is 1. The van der Waals surface area contributed by atoms with Crippen LogP contribution in [0.5, 0.6) is 0 Å². The van der Waals surface area contributed by atoms with Gasteiger partial charge in [-0.3, -0.25) is 0 Å². The Bertz CT molecular complexity index is 880. The molecule has 0 spiro atoms. The normalized spacial score (nSPS) is 15.3. The van der Waals surface area contributed by atoms with Crippen molar-refractivity contribution in [3.63, 3.8) is 0 Å². The first-order chi connectivity index (χ1) is 12.7. The minimum absolute atomic E-state index is 0.0463. The predicted octanol–water partition coefficient (Wildman–Crippen LogP) is 2.42. The van der Waals surface area contributed by atoms with Gasteiger partial charge in [0, 0.05) is 25.3 Å². The van der Waals surface area contributed by atoms with E-state index in [1.165, 1.54) is 0 Å². The van der Waals surface area contributed by atoms with E-state index in [2.05, 4.69) is 20.7 Å². The molecule has 4 heterocycles. The molecule has 8 nitrogen and oxygen atoms in total. The summed E-state index contributed by atoms with van der Waals surface area (Å²) >= 11 is 0. The lowest BCUT2D eigenvalue weighted by Crippen LogP contribution is -2.46. The number of aromatic nitrogens is 3. The largest absolute Gasteiger partial charge is 0.467 e. The Balaban J connectivity index is 1.31. The average molecular weight is 354 g/mol. The van der Waals surface area contributed by atoms with Crippen LogP contribution < -0.4 is 10.6 Å². The Kier molecular flexibility index (Phi) is 4.47. The summed E-state index contributed by atoms with van der Waals surface area (Å²) in [6.07, 6.45) is 5.28. The van der Waals surface area contributed by atoms with Crippen molar-refractivity contribution >= 4 is 17.4 Å². The van der Waals surface area contributed by atoms with E-state index < -0.39 is 0 Å². The van der Waals surface area contributed by atoms with Gasteiger partial charge in [0.15, 0.2) is 5.65 Å². The van der Waals surface area contributed by atoms with Crippen LogP contribution in [0.4, 0.5) is 10.5 Å². The van der Waals surface area contributed by atoms with Crippen LogP contribution in [-0.2, 0) is 6.54 Å². The Morgan fingerprint density at radius 1 is 1.31 bits per heavy atom. The van der Waals surface area contributed by atoms with Crippen LogP contribution in [0.15, 0.2) is 41.1 Å². The average Bonchev–Trinajstić information content (AvgIpc) is 3.29. The van der Waals surface area contributed by atoms with Crippen molar-refractivity contribution in [3.05, 3.63) is 48.3 Å². The molecule has 0 aliphatic carbocycles. The molecule has 4 rings (SSSR count). The van der Waals surface area contributed by atoms with Gasteiger partial charge in [-0.15, -0.1) is 0 Å². The molecule has 0 atom stereocenters. The zero-order valence-electron chi connectivity index (χ0n) is 14.7. The third-order valence-corrected chi connectivity index (χ3v) is 4.60. The zero-order chi connectivity index (χ0) is 17.9. The summed E-state index contributed by atoms with van der Waals surface area (Å²) < 4.78 is 7.02. The van der Waals surface area contributed by atoms with Crippen LogP contribution in [0.2, 0.25) is 0 Å².